The maximum atomic E-state index is 10.7. The zero-order valence-electron chi connectivity index (χ0n) is 7.81. The standard InChI is InChI=1S/C7H17O5P/c1-11-13(9,10)12-7-5-3-2-4-6-8/h8H,2-7H2,1H3,(H,9,10). The third-order valence-electron chi connectivity index (χ3n) is 1.54. The predicted molar refractivity (Wildman–Crippen MR) is 48.3 cm³/mol. The molecule has 0 aliphatic rings. The number of rotatable bonds is 8. The average molecular weight is 212 g/mol. The quantitative estimate of drug-likeness (QED) is 0.468. The minimum Gasteiger partial charge on any atom is -0.396 e. The van der Waals surface area contributed by atoms with Crippen LogP contribution < -0.4 is 0 Å². The smallest absolute Gasteiger partial charge is 0.396 e. The second kappa shape index (κ2) is 7.47. The summed E-state index contributed by atoms with van der Waals surface area (Å²) >= 11 is 0. The zero-order valence-corrected chi connectivity index (χ0v) is 8.70. The molecule has 0 rings (SSSR count). The van der Waals surface area contributed by atoms with E-state index in [0.29, 0.717) is 6.42 Å². The maximum absolute atomic E-state index is 10.7. The van der Waals surface area contributed by atoms with Crippen molar-refractivity contribution in [2.75, 3.05) is 20.3 Å². The van der Waals surface area contributed by atoms with Gasteiger partial charge >= 0.3 is 7.82 Å². The van der Waals surface area contributed by atoms with E-state index in [0.717, 1.165) is 26.4 Å². The number of hydrogen-bond acceptors (Lipinski definition) is 4. The van der Waals surface area contributed by atoms with Crippen molar-refractivity contribution in [1.82, 2.24) is 0 Å². The van der Waals surface area contributed by atoms with Crippen LogP contribution in [0.5, 0.6) is 0 Å². The summed E-state index contributed by atoms with van der Waals surface area (Å²) < 4.78 is 19.5. The van der Waals surface area contributed by atoms with E-state index in [1.54, 1.807) is 0 Å². The second-order valence-corrected chi connectivity index (χ2v) is 4.18. The van der Waals surface area contributed by atoms with Gasteiger partial charge in [0.1, 0.15) is 0 Å². The summed E-state index contributed by atoms with van der Waals surface area (Å²) in [5.74, 6) is 0. The van der Waals surface area contributed by atoms with Crippen molar-refractivity contribution >= 4 is 7.82 Å². The summed E-state index contributed by atoms with van der Waals surface area (Å²) in [5, 5.41) is 8.45. The van der Waals surface area contributed by atoms with E-state index in [2.05, 4.69) is 9.05 Å². The molecule has 6 heteroatoms. The van der Waals surface area contributed by atoms with Crippen molar-refractivity contribution in [2.24, 2.45) is 0 Å². The second-order valence-electron chi connectivity index (χ2n) is 2.62. The topological polar surface area (TPSA) is 76.0 Å². The lowest BCUT2D eigenvalue weighted by molar-refractivity contribution is 0.170. The molecule has 13 heavy (non-hydrogen) atoms. The van der Waals surface area contributed by atoms with Crippen LogP contribution in [0.1, 0.15) is 25.7 Å². The van der Waals surface area contributed by atoms with Gasteiger partial charge in [0.15, 0.2) is 0 Å². The van der Waals surface area contributed by atoms with E-state index in [1.165, 1.54) is 0 Å². The fourth-order valence-electron chi connectivity index (χ4n) is 0.800. The molecule has 0 aromatic rings. The van der Waals surface area contributed by atoms with Crippen molar-refractivity contribution in [1.29, 1.82) is 0 Å². The van der Waals surface area contributed by atoms with Crippen LogP contribution in [0.3, 0.4) is 0 Å². The van der Waals surface area contributed by atoms with Crippen molar-refractivity contribution in [3.8, 4) is 0 Å². The van der Waals surface area contributed by atoms with Gasteiger partial charge in [0.05, 0.1) is 6.61 Å². The fraction of sp³-hybridized carbons (Fsp3) is 1.00. The Morgan fingerprint density at radius 2 is 1.85 bits per heavy atom. The highest BCUT2D eigenvalue weighted by molar-refractivity contribution is 7.47. The van der Waals surface area contributed by atoms with Crippen molar-refractivity contribution in [3.05, 3.63) is 0 Å². The molecule has 0 saturated carbocycles. The van der Waals surface area contributed by atoms with Crippen molar-refractivity contribution in [3.63, 3.8) is 0 Å². The molecule has 0 bridgehead atoms. The molecule has 0 aromatic carbocycles. The average Bonchev–Trinajstić information content (AvgIpc) is 2.11. The molecule has 80 valence electrons. The van der Waals surface area contributed by atoms with Crippen LogP contribution in [0.2, 0.25) is 0 Å². The molecule has 2 N–H and O–H groups in total. The number of phosphoric acid groups is 1. The van der Waals surface area contributed by atoms with Crippen LogP contribution in [-0.2, 0) is 13.6 Å². The maximum Gasteiger partial charge on any atom is 0.471 e. The Morgan fingerprint density at radius 3 is 2.38 bits per heavy atom. The van der Waals surface area contributed by atoms with Gasteiger partial charge in [0.25, 0.3) is 0 Å². The highest BCUT2D eigenvalue weighted by atomic mass is 31.2. The lowest BCUT2D eigenvalue weighted by Crippen LogP contribution is -1.94. The Hall–Kier alpha value is 0.0700. The van der Waals surface area contributed by atoms with E-state index < -0.39 is 7.82 Å². The molecule has 0 saturated heterocycles. The molecule has 0 heterocycles. The van der Waals surface area contributed by atoms with Crippen LogP contribution in [0.25, 0.3) is 0 Å². The van der Waals surface area contributed by atoms with E-state index in [-0.39, 0.29) is 13.2 Å². The minimum absolute atomic E-state index is 0.192. The lowest BCUT2D eigenvalue weighted by Gasteiger charge is -2.08. The first kappa shape index (κ1) is 13.1. The zero-order chi connectivity index (χ0) is 10.2. The highest BCUT2D eigenvalue weighted by Crippen LogP contribution is 2.41. The Morgan fingerprint density at radius 1 is 1.23 bits per heavy atom. The van der Waals surface area contributed by atoms with Gasteiger partial charge < -0.3 is 10.00 Å². The Kier molecular flexibility index (Phi) is 7.51. The fourth-order valence-corrected chi connectivity index (χ4v) is 1.27. The lowest BCUT2D eigenvalue weighted by atomic mass is 10.2. The molecule has 0 fully saturated rings. The molecule has 0 spiro atoms. The normalized spacial score (nSPS) is 15.6. The number of aliphatic hydroxyl groups is 1. The van der Waals surface area contributed by atoms with Gasteiger partial charge in [0, 0.05) is 13.7 Å². The Bertz CT molecular complexity index is 161. The predicted octanol–water partition coefficient (Wildman–Crippen LogP) is 1.30. The monoisotopic (exact) mass is 212 g/mol. The van der Waals surface area contributed by atoms with Crippen LogP contribution in [0, 0.1) is 0 Å². The third kappa shape index (κ3) is 8.40. The summed E-state index contributed by atoms with van der Waals surface area (Å²) in [6.45, 7) is 0.407. The van der Waals surface area contributed by atoms with E-state index in [4.69, 9.17) is 10.00 Å². The summed E-state index contributed by atoms with van der Waals surface area (Å²) in [6, 6.07) is 0. The number of aliphatic hydroxyl groups excluding tert-OH is 1. The molecule has 1 unspecified atom stereocenters. The molecule has 0 radical (unpaired) electrons. The summed E-state index contributed by atoms with van der Waals surface area (Å²) in [6.07, 6.45) is 3.25. The first-order valence-electron chi connectivity index (χ1n) is 4.26. The largest absolute Gasteiger partial charge is 0.471 e. The molecule has 0 aliphatic heterocycles. The highest BCUT2D eigenvalue weighted by Gasteiger charge is 2.16. The third-order valence-corrected chi connectivity index (χ3v) is 2.51. The number of unbranched alkanes of at least 4 members (excludes halogenated alkanes) is 3. The Balaban J connectivity index is 3.21. The first-order valence-corrected chi connectivity index (χ1v) is 5.76. The van der Waals surface area contributed by atoms with E-state index >= 15 is 0 Å². The summed E-state index contributed by atoms with van der Waals surface area (Å²) in [7, 11) is -2.65. The van der Waals surface area contributed by atoms with Gasteiger partial charge in [-0.05, 0) is 12.8 Å². The van der Waals surface area contributed by atoms with Gasteiger partial charge in [0.2, 0.25) is 0 Å². The number of hydrogen-bond donors (Lipinski definition) is 2. The van der Waals surface area contributed by atoms with Gasteiger partial charge in [-0.1, -0.05) is 12.8 Å². The summed E-state index contributed by atoms with van der Waals surface area (Å²) in [5.41, 5.74) is 0. The molecular weight excluding hydrogens is 195 g/mol. The van der Waals surface area contributed by atoms with Crippen molar-refractivity contribution < 1.29 is 23.6 Å². The van der Waals surface area contributed by atoms with Crippen LogP contribution in [0.15, 0.2) is 0 Å². The van der Waals surface area contributed by atoms with E-state index in [9.17, 15) is 4.57 Å². The molecule has 0 aromatic heterocycles. The molecule has 1 atom stereocenters. The minimum atomic E-state index is -3.78. The van der Waals surface area contributed by atoms with Crippen LogP contribution in [0.4, 0.5) is 0 Å². The van der Waals surface area contributed by atoms with Gasteiger partial charge in [-0.25, -0.2) is 4.57 Å². The Labute approximate surface area is 78.3 Å². The number of phosphoric ester groups is 1. The van der Waals surface area contributed by atoms with Crippen LogP contribution >= 0.6 is 7.82 Å². The SMILES string of the molecule is COP(=O)(O)OCCCCCCO. The first-order chi connectivity index (χ1) is 6.12. The van der Waals surface area contributed by atoms with Gasteiger partial charge in [-0.3, -0.25) is 9.05 Å². The molecule has 5 nitrogen and oxygen atoms in total. The molecule has 0 aliphatic carbocycles. The molecule has 0 amide bonds. The molecular formula is C7H17O5P. The van der Waals surface area contributed by atoms with Gasteiger partial charge in [-0.2, -0.15) is 0 Å². The van der Waals surface area contributed by atoms with Crippen molar-refractivity contribution in [2.45, 2.75) is 25.7 Å². The van der Waals surface area contributed by atoms with Gasteiger partial charge in [-0.15, -0.1) is 0 Å². The summed E-state index contributed by atoms with van der Waals surface area (Å²) in [4.78, 5) is 8.80. The van der Waals surface area contributed by atoms with Crippen LogP contribution in [-0.4, -0.2) is 30.3 Å². The van der Waals surface area contributed by atoms with E-state index in [1.807, 2.05) is 0 Å².